The number of rotatable bonds is 3. The quantitative estimate of drug-likeness (QED) is 0.706. The molecule has 1 amide bonds. The van der Waals surface area contributed by atoms with Crippen molar-refractivity contribution in [2.24, 2.45) is 5.92 Å². The first-order valence-corrected chi connectivity index (χ1v) is 9.70. The fraction of sp³-hybridized carbons (Fsp3) is 0.400. The molecule has 0 aliphatic carbocycles. The zero-order valence-electron chi connectivity index (χ0n) is 15.3. The van der Waals surface area contributed by atoms with Gasteiger partial charge in [-0.05, 0) is 49.7 Å². The Bertz CT molecular complexity index is 936. The van der Waals surface area contributed by atoms with Crippen molar-refractivity contribution in [1.29, 1.82) is 0 Å². The Kier molecular flexibility index (Phi) is 4.88. The number of aliphatic hydroxyl groups excluding tert-OH is 1. The summed E-state index contributed by atoms with van der Waals surface area (Å²) in [5, 5.41) is 24.8. The number of aromatic nitrogens is 1. The van der Waals surface area contributed by atoms with E-state index in [1.54, 1.807) is 24.4 Å². The van der Waals surface area contributed by atoms with E-state index in [9.17, 15) is 15.0 Å². The van der Waals surface area contributed by atoms with Crippen LogP contribution >= 0.6 is 23.2 Å². The van der Waals surface area contributed by atoms with Gasteiger partial charge in [0.2, 0.25) is 5.91 Å². The maximum absolute atomic E-state index is 13.2. The molecule has 6 atom stereocenters. The summed E-state index contributed by atoms with van der Waals surface area (Å²) in [7, 11) is 0. The molecule has 2 bridgehead atoms. The number of nitrogens with zero attached hydrogens (tertiary/aromatic N) is 1. The number of carbonyl (C=O) groups is 1. The molecule has 0 unspecified atom stereocenters. The van der Waals surface area contributed by atoms with E-state index in [-0.39, 0.29) is 5.91 Å². The number of aryl methyl sites for hydroxylation is 1. The molecule has 0 saturated carbocycles. The van der Waals surface area contributed by atoms with Crippen LogP contribution < -0.4 is 5.32 Å². The van der Waals surface area contributed by atoms with Crippen LogP contribution in [-0.4, -0.2) is 45.0 Å². The number of nitrogens with one attached hydrogen (secondary N) is 1. The number of benzene rings is 1. The van der Waals surface area contributed by atoms with Crippen molar-refractivity contribution >= 4 is 34.8 Å². The number of aliphatic hydroxyl groups is 2. The normalized spacial score (nSPS) is 33.9. The summed E-state index contributed by atoms with van der Waals surface area (Å²) in [6, 6.07) is 8.49. The van der Waals surface area contributed by atoms with E-state index < -0.39 is 35.7 Å². The topological polar surface area (TPSA) is 91.7 Å². The molecule has 2 fully saturated rings. The summed E-state index contributed by atoms with van der Waals surface area (Å²) in [5.41, 5.74) is 0.672. The molecule has 148 valence electrons. The van der Waals surface area contributed by atoms with Crippen LogP contribution in [0, 0.1) is 12.8 Å². The summed E-state index contributed by atoms with van der Waals surface area (Å²) >= 11 is 12.0. The summed E-state index contributed by atoms with van der Waals surface area (Å²) in [5.74, 6) is -1.43. The molecule has 8 heteroatoms. The number of ether oxygens (including phenoxy) is 1. The Morgan fingerprint density at radius 1 is 1.25 bits per heavy atom. The van der Waals surface area contributed by atoms with Gasteiger partial charge in [0.05, 0.1) is 28.2 Å². The molecule has 6 nitrogen and oxygen atoms in total. The molecule has 0 radical (unpaired) electrons. The minimum absolute atomic E-state index is 0.320. The first-order chi connectivity index (χ1) is 13.2. The van der Waals surface area contributed by atoms with Crippen LogP contribution in [0.25, 0.3) is 0 Å². The predicted octanol–water partition coefficient (Wildman–Crippen LogP) is 2.93. The van der Waals surface area contributed by atoms with Crippen LogP contribution in [0.4, 0.5) is 5.69 Å². The summed E-state index contributed by atoms with van der Waals surface area (Å²) < 4.78 is 5.89. The second-order valence-electron chi connectivity index (χ2n) is 7.59. The highest BCUT2D eigenvalue weighted by Gasteiger charge is 2.67. The summed E-state index contributed by atoms with van der Waals surface area (Å²) in [6.07, 6.45) is -1.03. The smallest absolute Gasteiger partial charge is 0.230 e. The predicted molar refractivity (Wildman–Crippen MR) is 106 cm³/mol. The number of carbonyl (C=O) groups excluding carboxylic acids is 1. The van der Waals surface area contributed by atoms with Gasteiger partial charge in [0.15, 0.2) is 0 Å². The lowest BCUT2D eigenvalue weighted by molar-refractivity contribution is -0.128. The number of hydrogen-bond donors (Lipinski definition) is 3. The first kappa shape index (κ1) is 19.6. The zero-order valence-corrected chi connectivity index (χ0v) is 16.8. The molecule has 3 heterocycles. The number of pyridine rings is 1. The van der Waals surface area contributed by atoms with E-state index in [0.717, 1.165) is 11.3 Å². The van der Waals surface area contributed by atoms with Gasteiger partial charge < -0.3 is 20.3 Å². The molecule has 2 saturated heterocycles. The third-order valence-corrected chi connectivity index (χ3v) is 6.39. The average Bonchev–Trinajstić information content (AvgIpc) is 3.14. The number of halogens is 2. The van der Waals surface area contributed by atoms with Crippen LogP contribution in [0.5, 0.6) is 0 Å². The van der Waals surface area contributed by atoms with Crippen LogP contribution in [-0.2, 0) is 9.53 Å². The lowest BCUT2D eigenvalue weighted by Crippen LogP contribution is -2.56. The Hall–Kier alpha value is -1.70. The molecule has 4 rings (SSSR count). The van der Waals surface area contributed by atoms with Gasteiger partial charge >= 0.3 is 0 Å². The third-order valence-electron chi connectivity index (χ3n) is 5.65. The van der Waals surface area contributed by atoms with Gasteiger partial charge in [0.1, 0.15) is 11.7 Å². The van der Waals surface area contributed by atoms with E-state index in [1.165, 1.54) is 6.92 Å². The van der Waals surface area contributed by atoms with Crippen LogP contribution in [0.15, 0.2) is 36.5 Å². The van der Waals surface area contributed by atoms with Gasteiger partial charge in [0, 0.05) is 23.5 Å². The molecule has 28 heavy (non-hydrogen) atoms. The van der Waals surface area contributed by atoms with Crippen molar-refractivity contribution in [3.05, 3.63) is 57.8 Å². The average molecular weight is 423 g/mol. The van der Waals surface area contributed by atoms with E-state index in [2.05, 4.69) is 10.3 Å². The van der Waals surface area contributed by atoms with E-state index >= 15 is 0 Å². The van der Waals surface area contributed by atoms with E-state index in [4.69, 9.17) is 27.9 Å². The molecule has 0 spiro atoms. The standard InChI is InChI=1S/C20H20Cl2N2O4/c1-9-7-10(5-6-23-9)14-15(16-17(25)20(2,27)18(14)28-16)19(26)24-11-3-4-12(21)13(22)8-11/h3-8,14-18,25,27H,1-2H3,(H,24,26)/t14-,15-,16+,17+,18-,20-/m0/s1. The van der Waals surface area contributed by atoms with Crippen molar-refractivity contribution in [1.82, 2.24) is 4.98 Å². The second-order valence-corrected chi connectivity index (χ2v) is 8.41. The first-order valence-electron chi connectivity index (χ1n) is 8.94. The van der Waals surface area contributed by atoms with Gasteiger partial charge in [-0.25, -0.2) is 0 Å². The van der Waals surface area contributed by atoms with Crippen molar-refractivity contribution in [3.63, 3.8) is 0 Å². The number of hydrogen-bond acceptors (Lipinski definition) is 5. The largest absolute Gasteiger partial charge is 0.387 e. The highest BCUT2D eigenvalue weighted by Crippen LogP contribution is 2.53. The fourth-order valence-corrected chi connectivity index (χ4v) is 4.57. The van der Waals surface area contributed by atoms with Crippen molar-refractivity contribution in [2.45, 2.75) is 43.7 Å². The summed E-state index contributed by atoms with van der Waals surface area (Å²) in [6.45, 7) is 3.39. The SMILES string of the molecule is Cc1cc([C@H]2[C@H](C(=O)Nc3ccc(Cl)c(Cl)c3)[C@H]3O[C@@H]2[C@@](C)(O)[C@@H]3O)ccn1. The summed E-state index contributed by atoms with van der Waals surface area (Å²) in [4.78, 5) is 17.4. The van der Waals surface area contributed by atoms with Gasteiger partial charge in [-0.3, -0.25) is 9.78 Å². The second kappa shape index (κ2) is 6.97. The molecular formula is C20H20Cl2N2O4. The van der Waals surface area contributed by atoms with Crippen molar-refractivity contribution in [2.75, 3.05) is 5.32 Å². The highest BCUT2D eigenvalue weighted by molar-refractivity contribution is 6.42. The molecule has 2 aromatic rings. The Morgan fingerprint density at radius 2 is 2.00 bits per heavy atom. The molecule has 3 N–H and O–H groups in total. The number of amides is 1. The lowest BCUT2D eigenvalue weighted by atomic mass is 9.68. The zero-order chi connectivity index (χ0) is 20.2. The van der Waals surface area contributed by atoms with Crippen LogP contribution in [0.2, 0.25) is 10.0 Å². The van der Waals surface area contributed by atoms with Gasteiger partial charge in [-0.15, -0.1) is 0 Å². The van der Waals surface area contributed by atoms with Crippen LogP contribution in [0.3, 0.4) is 0 Å². The van der Waals surface area contributed by atoms with E-state index in [0.29, 0.717) is 15.7 Å². The minimum Gasteiger partial charge on any atom is -0.387 e. The maximum atomic E-state index is 13.2. The fourth-order valence-electron chi connectivity index (χ4n) is 4.27. The van der Waals surface area contributed by atoms with Crippen molar-refractivity contribution < 1.29 is 19.7 Å². The molecule has 2 aliphatic rings. The Labute approximate surface area is 172 Å². The molecule has 2 aliphatic heterocycles. The Morgan fingerprint density at radius 3 is 2.68 bits per heavy atom. The highest BCUT2D eigenvalue weighted by atomic mass is 35.5. The molecular weight excluding hydrogens is 403 g/mol. The van der Waals surface area contributed by atoms with Crippen LogP contribution in [0.1, 0.15) is 24.1 Å². The van der Waals surface area contributed by atoms with Gasteiger partial charge in [-0.1, -0.05) is 23.2 Å². The minimum atomic E-state index is -1.45. The van der Waals surface area contributed by atoms with E-state index in [1.807, 2.05) is 19.1 Å². The number of anilines is 1. The molecule has 1 aromatic carbocycles. The van der Waals surface area contributed by atoms with Crippen molar-refractivity contribution in [3.8, 4) is 0 Å². The monoisotopic (exact) mass is 422 g/mol. The lowest BCUT2D eigenvalue weighted by Gasteiger charge is -2.39. The van der Waals surface area contributed by atoms with Gasteiger partial charge in [-0.2, -0.15) is 0 Å². The third kappa shape index (κ3) is 3.09. The maximum Gasteiger partial charge on any atom is 0.230 e. The molecule has 1 aromatic heterocycles. The Balaban J connectivity index is 1.68. The number of fused-ring (bicyclic) bond motifs is 2. The van der Waals surface area contributed by atoms with Gasteiger partial charge in [0.25, 0.3) is 0 Å².